The standard InChI is InChI=1S/C22H32N4O3/c1-24(2)20(28)16-4-9-19(23-14-16)25-12-3-10-22(15-25)11-13-26(21(22)29)17-5-7-18(27)8-6-17/h4,9,14,17-18,27H,3,5-8,10-13,15H2,1-2H3. The highest BCUT2D eigenvalue weighted by atomic mass is 16.3. The first-order chi connectivity index (χ1) is 13.9. The van der Waals surface area contributed by atoms with Crippen molar-refractivity contribution < 1.29 is 14.7 Å². The molecule has 2 saturated heterocycles. The number of rotatable bonds is 3. The molecule has 7 nitrogen and oxygen atoms in total. The Bertz CT molecular complexity index is 758. The first-order valence-electron chi connectivity index (χ1n) is 10.8. The van der Waals surface area contributed by atoms with E-state index in [2.05, 4.69) is 14.8 Å². The molecule has 3 aliphatic rings. The number of piperidine rings is 1. The van der Waals surface area contributed by atoms with Crippen molar-refractivity contribution in [3.05, 3.63) is 23.9 Å². The van der Waals surface area contributed by atoms with E-state index in [1.165, 1.54) is 0 Å². The summed E-state index contributed by atoms with van der Waals surface area (Å²) in [5, 5.41) is 9.78. The van der Waals surface area contributed by atoms with Gasteiger partial charge in [-0.05, 0) is 57.1 Å². The molecule has 1 aromatic rings. The van der Waals surface area contributed by atoms with Crippen LogP contribution in [0.3, 0.4) is 0 Å². The molecule has 1 unspecified atom stereocenters. The van der Waals surface area contributed by atoms with Gasteiger partial charge >= 0.3 is 0 Å². The van der Waals surface area contributed by atoms with Gasteiger partial charge in [0.1, 0.15) is 5.82 Å². The number of carbonyl (C=O) groups is 2. The highest BCUT2D eigenvalue weighted by molar-refractivity contribution is 5.93. The normalized spacial score (nSPS) is 30.1. The first-order valence-corrected chi connectivity index (χ1v) is 10.8. The average molecular weight is 401 g/mol. The van der Waals surface area contributed by atoms with Gasteiger partial charge in [0, 0.05) is 46.0 Å². The van der Waals surface area contributed by atoms with E-state index in [0.717, 1.165) is 63.9 Å². The summed E-state index contributed by atoms with van der Waals surface area (Å²) >= 11 is 0. The number of likely N-dealkylation sites (tertiary alicyclic amines) is 1. The Morgan fingerprint density at radius 2 is 1.93 bits per heavy atom. The van der Waals surface area contributed by atoms with E-state index in [0.29, 0.717) is 18.0 Å². The second-order valence-corrected chi connectivity index (χ2v) is 9.12. The van der Waals surface area contributed by atoms with E-state index in [1.54, 1.807) is 25.2 Å². The lowest BCUT2D eigenvalue weighted by Crippen LogP contribution is -2.50. The van der Waals surface area contributed by atoms with Crippen LogP contribution < -0.4 is 4.90 Å². The fraction of sp³-hybridized carbons (Fsp3) is 0.682. The Kier molecular flexibility index (Phi) is 5.51. The molecule has 29 heavy (non-hydrogen) atoms. The van der Waals surface area contributed by atoms with E-state index < -0.39 is 0 Å². The van der Waals surface area contributed by atoms with Crippen LogP contribution in [0.5, 0.6) is 0 Å². The molecular formula is C22H32N4O3. The van der Waals surface area contributed by atoms with Gasteiger partial charge in [-0.15, -0.1) is 0 Å². The quantitative estimate of drug-likeness (QED) is 0.839. The highest BCUT2D eigenvalue weighted by Gasteiger charge is 2.50. The number of aliphatic hydroxyl groups is 1. The molecule has 2 amide bonds. The second-order valence-electron chi connectivity index (χ2n) is 9.12. The molecule has 0 radical (unpaired) electrons. The van der Waals surface area contributed by atoms with Crippen LogP contribution in [0, 0.1) is 5.41 Å². The highest BCUT2D eigenvalue weighted by Crippen LogP contribution is 2.43. The van der Waals surface area contributed by atoms with Crippen LogP contribution >= 0.6 is 0 Å². The van der Waals surface area contributed by atoms with Crippen molar-refractivity contribution in [2.75, 3.05) is 38.6 Å². The van der Waals surface area contributed by atoms with E-state index >= 15 is 0 Å². The van der Waals surface area contributed by atoms with Crippen LogP contribution in [0.4, 0.5) is 5.82 Å². The summed E-state index contributed by atoms with van der Waals surface area (Å²) < 4.78 is 0. The van der Waals surface area contributed by atoms with Crippen molar-refractivity contribution in [3.8, 4) is 0 Å². The lowest BCUT2D eigenvalue weighted by molar-refractivity contribution is -0.139. The largest absolute Gasteiger partial charge is 0.393 e. The monoisotopic (exact) mass is 400 g/mol. The van der Waals surface area contributed by atoms with Gasteiger partial charge in [0.2, 0.25) is 5.91 Å². The zero-order valence-electron chi connectivity index (χ0n) is 17.5. The third-order valence-corrected chi connectivity index (χ3v) is 6.95. The van der Waals surface area contributed by atoms with Crippen molar-refractivity contribution in [1.29, 1.82) is 0 Å². The molecule has 2 aliphatic heterocycles. The maximum absolute atomic E-state index is 13.4. The Labute approximate surface area is 172 Å². The number of nitrogens with zero attached hydrogens (tertiary/aromatic N) is 4. The van der Waals surface area contributed by atoms with Crippen LogP contribution in [0.2, 0.25) is 0 Å². The van der Waals surface area contributed by atoms with Crippen LogP contribution in [0.1, 0.15) is 55.3 Å². The van der Waals surface area contributed by atoms with Gasteiger partial charge in [0.25, 0.3) is 5.91 Å². The minimum Gasteiger partial charge on any atom is -0.393 e. The predicted octanol–water partition coefficient (Wildman–Crippen LogP) is 1.91. The molecular weight excluding hydrogens is 368 g/mol. The Morgan fingerprint density at radius 3 is 2.59 bits per heavy atom. The third-order valence-electron chi connectivity index (χ3n) is 6.95. The van der Waals surface area contributed by atoms with Gasteiger partial charge in [0.05, 0.1) is 17.1 Å². The van der Waals surface area contributed by atoms with Crippen molar-refractivity contribution in [1.82, 2.24) is 14.8 Å². The maximum atomic E-state index is 13.4. The second kappa shape index (κ2) is 7.94. The lowest BCUT2D eigenvalue weighted by atomic mass is 9.78. The Balaban J connectivity index is 1.45. The molecule has 1 N–H and O–H groups in total. The van der Waals surface area contributed by atoms with Crippen LogP contribution in [-0.4, -0.2) is 77.6 Å². The number of hydrogen-bond acceptors (Lipinski definition) is 5. The topological polar surface area (TPSA) is 77.0 Å². The summed E-state index contributed by atoms with van der Waals surface area (Å²) in [6.45, 7) is 2.42. The molecule has 158 valence electrons. The van der Waals surface area contributed by atoms with Crippen LogP contribution in [0.25, 0.3) is 0 Å². The van der Waals surface area contributed by atoms with E-state index in [9.17, 15) is 14.7 Å². The zero-order valence-corrected chi connectivity index (χ0v) is 17.5. The minimum absolute atomic E-state index is 0.0571. The number of aromatic nitrogens is 1. The molecule has 1 atom stereocenters. The average Bonchev–Trinajstić information content (AvgIpc) is 3.04. The van der Waals surface area contributed by atoms with Gasteiger partial charge in [-0.2, -0.15) is 0 Å². The molecule has 3 heterocycles. The van der Waals surface area contributed by atoms with Crippen LogP contribution in [-0.2, 0) is 4.79 Å². The number of anilines is 1. The van der Waals surface area contributed by atoms with Crippen LogP contribution in [0.15, 0.2) is 18.3 Å². The van der Waals surface area contributed by atoms with E-state index in [-0.39, 0.29) is 23.5 Å². The third kappa shape index (κ3) is 3.84. The van der Waals surface area contributed by atoms with Gasteiger partial charge < -0.3 is 19.8 Å². The molecule has 1 saturated carbocycles. The van der Waals surface area contributed by atoms with Crippen molar-refractivity contribution in [3.63, 3.8) is 0 Å². The summed E-state index contributed by atoms with van der Waals surface area (Å²) in [4.78, 5) is 35.9. The summed E-state index contributed by atoms with van der Waals surface area (Å²) in [6.07, 6.45) is 7.68. The first kappa shape index (κ1) is 20.1. The molecule has 1 aliphatic carbocycles. The fourth-order valence-corrected chi connectivity index (χ4v) is 5.23. The van der Waals surface area contributed by atoms with Crippen molar-refractivity contribution in [2.24, 2.45) is 5.41 Å². The van der Waals surface area contributed by atoms with Crippen molar-refractivity contribution in [2.45, 2.75) is 57.1 Å². The number of carbonyl (C=O) groups excluding carboxylic acids is 2. The Hall–Kier alpha value is -2.15. The maximum Gasteiger partial charge on any atom is 0.254 e. The van der Waals surface area contributed by atoms with E-state index in [1.807, 2.05) is 12.1 Å². The smallest absolute Gasteiger partial charge is 0.254 e. The number of aliphatic hydroxyl groups excluding tert-OH is 1. The summed E-state index contributed by atoms with van der Waals surface area (Å²) in [6, 6.07) is 4.01. The summed E-state index contributed by atoms with van der Waals surface area (Å²) in [5.74, 6) is 1.08. The van der Waals surface area contributed by atoms with Crippen molar-refractivity contribution >= 4 is 17.6 Å². The molecule has 4 rings (SSSR count). The van der Waals surface area contributed by atoms with E-state index in [4.69, 9.17) is 0 Å². The molecule has 0 aromatic carbocycles. The minimum atomic E-state index is -0.311. The van der Waals surface area contributed by atoms with Gasteiger partial charge in [-0.3, -0.25) is 9.59 Å². The Morgan fingerprint density at radius 1 is 1.17 bits per heavy atom. The van der Waals surface area contributed by atoms with Gasteiger partial charge in [0.15, 0.2) is 0 Å². The molecule has 1 spiro atoms. The number of amides is 2. The molecule has 3 fully saturated rings. The number of hydrogen-bond donors (Lipinski definition) is 1. The zero-order chi connectivity index (χ0) is 20.6. The number of pyridine rings is 1. The molecule has 0 bridgehead atoms. The lowest BCUT2D eigenvalue weighted by Gasteiger charge is -2.41. The molecule has 7 heteroatoms. The summed E-state index contributed by atoms with van der Waals surface area (Å²) in [5.41, 5.74) is 0.266. The van der Waals surface area contributed by atoms with Gasteiger partial charge in [-0.25, -0.2) is 4.98 Å². The SMILES string of the molecule is CN(C)C(=O)c1ccc(N2CCCC3(CCN(C4CCC(O)CC4)C3=O)C2)nc1. The molecule has 1 aromatic heterocycles. The van der Waals surface area contributed by atoms with Gasteiger partial charge in [-0.1, -0.05) is 0 Å². The fourth-order valence-electron chi connectivity index (χ4n) is 5.23. The predicted molar refractivity (Wildman–Crippen MR) is 111 cm³/mol. The summed E-state index contributed by atoms with van der Waals surface area (Å²) in [7, 11) is 3.46.